The highest BCUT2D eigenvalue weighted by Crippen LogP contribution is 2.74. The lowest BCUT2D eigenvalue weighted by Gasteiger charge is -2.65. The molecule has 0 spiro atoms. The molecular weight excluding hydrogens is 372 g/mol. The van der Waals surface area contributed by atoms with Crippen LogP contribution in [0.15, 0.2) is 11.6 Å². The molecule has 0 radical (unpaired) electrons. The van der Waals surface area contributed by atoms with E-state index >= 15 is 0 Å². The number of rotatable bonds is 3. The molecule has 3 heteroatoms. The van der Waals surface area contributed by atoms with Crippen LogP contribution in [0.3, 0.4) is 0 Å². The minimum atomic E-state index is -0.360. The molecule has 30 heavy (non-hydrogen) atoms. The topological polar surface area (TPSA) is 54.4 Å². The first kappa shape index (κ1) is 22.2. The van der Waals surface area contributed by atoms with Crippen molar-refractivity contribution in [1.29, 1.82) is 0 Å². The molecule has 0 aliphatic heterocycles. The first-order chi connectivity index (χ1) is 13.8. The highest BCUT2D eigenvalue weighted by Gasteiger charge is 2.69. The molecule has 8 atom stereocenters. The lowest BCUT2D eigenvalue weighted by Crippen LogP contribution is -2.61. The third-order valence-electron chi connectivity index (χ3n) is 10.9. The summed E-state index contributed by atoms with van der Waals surface area (Å²) in [6.07, 6.45) is 8.52. The van der Waals surface area contributed by atoms with E-state index in [0.29, 0.717) is 30.0 Å². The van der Waals surface area contributed by atoms with E-state index in [2.05, 4.69) is 41.5 Å². The van der Waals surface area contributed by atoms with Crippen molar-refractivity contribution in [2.24, 2.45) is 45.3 Å². The SMILES string of the molecule is CC(=O)C[C@@H](C)[C@H]1CC[C@@]2(C)[C@@H]3C(=O)C=C4[C@@H](CC[C@@H](O)C4(C)C)[C@]3(C)CC[C@]12C. The van der Waals surface area contributed by atoms with Crippen LogP contribution in [0.1, 0.15) is 93.4 Å². The third-order valence-corrected chi connectivity index (χ3v) is 10.9. The van der Waals surface area contributed by atoms with Crippen molar-refractivity contribution in [2.45, 2.75) is 99.5 Å². The van der Waals surface area contributed by atoms with E-state index in [1.807, 2.05) is 6.08 Å². The molecule has 3 nitrogen and oxygen atoms in total. The fourth-order valence-corrected chi connectivity index (χ4v) is 9.04. The van der Waals surface area contributed by atoms with Crippen LogP contribution in [0.25, 0.3) is 0 Å². The van der Waals surface area contributed by atoms with Gasteiger partial charge in [-0.2, -0.15) is 0 Å². The van der Waals surface area contributed by atoms with E-state index in [1.54, 1.807) is 6.92 Å². The third kappa shape index (κ3) is 2.72. The second-order valence-corrected chi connectivity index (χ2v) is 12.7. The van der Waals surface area contributed by atoms with Crippen LogP contribution in [0.2, 0.25) is 0 Å². The van der Waals surface area contributed by atoms with Gasteiger partial charge in [0.15, 0.2) is 5.78 Å². The smallest absolute Gasteiger partial charge is 0.159 e. The van der Waals surface area contributed by atoms with Crippen molar-refractivity contribution in [3.05, 3.63) is 11.6 Å². The van der Waals surface area contributed by atoms with Crippen molar-refractivity contribution < 1.29 is 14.7 Å². The molecular formula is C27H42O3. The molecule has 1 N–H and O–H groups in total. The Balaban J connectivity index is 1.76. The number of carbonyl (C=O) groups is 2. The fraction of sp³-hybridized carbons (Fsp3) is 0.852. The Morgan fingerprint density at radius 1 is 1.07 bits per heavy atom. The lowest BCUT2D eigenvalue weighted by molar-refractivity contribution is -0.164. The van der Waals surface area contributed by atoms with E-state index in [4.69, 9.17) is 0 Å². The quantitative estimate of drug-likeness (QED) is 0.640. The summed E-state index contributed by atoms with van der Waals surface area (Å²) in [5, 5.41) is 10.7. The summed E-state index contributed by atoms with van der Waals surface area (Å²) in [6.45, 7) is 15.4. The number of ketones is 2. The summed E-state index contributed by atoms with van der Waals surface area (Å²) in [4.78, 5) is 25.7. The Labute approximate surface area is 183 Å². The number of aliphatic hydroxyl groups is 1. The van der Waals surface area contributed by atoms with E-state index in [1.165, 1.54) is 5.57 Å². The Bertz CT molecular complexity index is 794. The Morgan fingerprint density at radius 2 is 1.73 bits per heavy atom. The van der Waals surface area contributed by atoms with Crippen molar-refractivity contribution in [2.75, 3.05) is 0 Å². The highest BCUT2D eigenvalue weighted by molar-refractivity contribution is 5.95. The van der Waals surface area contributed by atoms with Gasteiger partial charge >= 0.3 is 0 Å². The molecule has 0 aromatic carbocycles. The van der Waals surface area contributed by atoms with Crippen molar-refractivity contribution >= 4 is 11.6 Å². The van der Waals surface area contributed by atoms with Gasteiger partial charge in [-0.1, -0.05) is 47.1 Å². The second kappa shape index (κ2) is 6.77. The van der Waals surface area contributed by atoms with E-state index in [0.717, 1.165) is 38.5 Å². The Morgan fingerprint density at radius 3 is 2.37 bits per heavy atom. The average Bonchev–Trinajstić information content (AvgIpc) is 2.90. The van der Waals surface area contributed by atoms with Gasteiger partial charge < -0.3 is 9.90 Å². The number of hydrogen-bond acceptors (Lipinski definition) is 3. The van der Waals surface area contributed by atoms with E-state index < -0.39 is 0 Å². The van der Waals surface area contributed by atoms with Gasteiger partial charge in [0.05, 0.1) is 6.10 Å². The minimum Gasteiger partial charge on any atom is -0.392 e. The maximum Gasteiger partial charge on any atom is 0.159 e. The normalized spacial score (nSPS) is 48.3. The molecule has 0 unspecified atom stereocenters. The zero-order valence-electron chi connectivity index (χ0n) is 20.2. The number of hydrogen-bond donors (Lipinski definition) is 1. The summed E-state index contributed by atoms with van der Waals surface area (Å²) < 4.78 is 0. The molecule has 0 heterocycles. The van der Waals surface area contributed by atoms with Gasteiger partial charge in [-0.15, -0.1) is 0 Å². The predicted molar refractivity (Wildman–Crippen MR) is 120 cm³/mol. The molecule has 0 aromatic rings. The van der Waals surface area contributed by atoms with Crippen LogP contribution >= 0.6 is 0 Å². The molecule has 3 saturated carbocycles. The molecule has 4 aliphatic carbocycles. The maximum absolute atomic E-state index is 13.8. The largest absolute Gasteiger partial charge is 0.392 e. The fourth-order valence-electron chi connectivity index (χ4n) is 9.04. The van der Waals surface area contributed by atoms with Gasteiger partial charge in [0.25, 0.3) is 0 Å². The van der Waals surface area contributed by atoms with Gasteiger partial charge in [-0.3, -0.25) is 4.79 Å². The van der Waals surface area contributed by atoms with Gasteiger partial charge in [-0.05, 0) is 85.5 Å². The van der Waals surface area contributed by atoms with Gasteiger partial charge in [-0.25, -0.2) is 0 Å². The molecule has 3 fully saturated rings. The van der Waals surface area contributed by atoms with Crippen LogP contribution in [0.4, 0.5) is 0 Å². The van der Waals surface area contributed by atoms with Crippen LogP contribution in [-0.4, -0.2) is 22.8 Å². The van der Waals surface area contributed by atoms with Crippen LogP contribution in [0, 0.1) is 45.3 Å². The molecule has 168 valence electrons. The number of aliphatic hydroxyl groups excluding tert-OH is 1. The standard InChI is InChI=1S/C27H42O3/c1-16(14-17(2)28)18-10-11-27(7)23-21(29)15-20-19(8-9-22(30)24(20,3)4)25(23,5)12-13-26(18,27)6/h15-16,18-19,22-23,30H,8-14H2,1-7H3/t16-,18-,19-,22-,23-,25+,26-,27+/m1/s1. The average molecular weight is 415 g/mol. The van der Waals surface area contributed by atoms with Gasteiger partial charge in [0, 0.05) is 17.8 Å². The summed E-state index contributed by atoms with van der Waals surface area (Å²) in [5.74, 6) is 1.93. The van der Waals surface area contributed by atoms with Crippen LogP contribution in [0.5, 0.6) is 0 Å². The first-order valence-corrected chi connectivity index (χ1v) is 12.2. The van der Waals surface area contributed by atoms with Gasteiger partial charge in [0.2, 0.25) is 0 Å². The van der Waals surface area contributed by atoms with Crippen LogP contribution in [-0.2, 0) is 9.59 Å². The second-order valence-electron chi connectivity index (χ2n) is 12.7. The summed E-state index contributed by atoms with van der Waals surface area (Å²) in [6, 6.07) is 0. The highest BCUT2D eigenvalue weighted by atomic mass is 16.3. The van der Waals surface area contributed by atoms with Crippen molar-refractivity contribution in [1.82, 2.24) is 0 Å². The van der Waals surface area contributed by atoms with Crippen LogP contribution < -0.4 is 0 Å². The molecule has 4 aliphatic rings. The summed E-state index contributed by atoms with van der Waals surface area (Å²) in [5.41, 5.74) is 0.955. The predicted octanol–water partition coefficient (Wildman–Crippen LogP) is 5.75. The monoisotopic (exact) mass is 414 g/mol. The molecule has 0 saturated heterocycles. The minimum absolute atomic E-state index is 0.0188. The van der Waals surface area contributed by atoms with E-state index in [9.17, 15) is 14.7 Å². The zero-order chi connectivity index (χ0) is 22.3. The summed E-state index contributed by atoms with van der Waals surface area (Å²) >= 11 is 0. The summed E-state index contributed by atoms with van der Waals surface area (Å²) in [7, 11) is 0. The lowest BCUT2D eigenvalue weighted by atomic mass is 9.39. The molecule has 0 bridgehead atoms. The zero-order valence-corrected chi connectivity index (χ0v) is 20.2. The Kier molecular flexibility index (Phi) is 5.02. The van der Waals surface area contributed by atoms with Gasteiger partial charge in [0.1, 0.15) is 5.78 Å². The Hall–Kier alpha value is -0.960. The van der Waals surface area contributed by atoms with E-state index in [-0.39, 0.29) is 39.5 Å². The molecule has 4 rings (SSSR count). The van der Waals surface area contributed by atoms with Crippen molar-refractivity contribution in [3.8, 4) is 0 Å². The maximum atomic E-state index is 13.8. The number of fused-ring (bicyclic) bond motifs is 5. The molecule has 0 amide bonds. The molecule has 0 aromatic heterocycles. The van der Waals surface area contributed by atoms with Crippen molar-refractivity contribution in [3.63, 3.8) is 0 Å². The first-order valence-electron chi connectivity index (χ1n) is 12.2. The number of Topliss-reactive ketones (excluding diaryl/α,β-unsaturated/α-hetero) is 1. The number of carbonyl (C=O) groups excluding carboxylic acids is 2. The number of allylic oxidation sites excluding steroid dienone is 1.